The minimum absolute atomic E-state index is 0.134. The molecule has 2 rings (SSSR count). The second kappa shape index (κ2) is 6.97. The maximum absolute atomic E-state index is 13.1. The van der Waals surface area contributed by atoms with Crippen LogP contribution in [-0.4, -0.2) is 11.0 Å². The summed E-state index contributed by atoms with van der Waals surface area (Å²) in [5, 5.41) is 0. The van der Waals surface area contributed by atoms with Gasteiger partial charge >= 0.3 is 0 Å². The van der Waals surface area contributed by atoms with Gasteiger partial charge in [0.1, 0.15) is 5.82 Å². The molecule has 3 nitrogen and oxygen atoms in total. The standard InChI is InChI=1S/C15H18FN3/c16-14-3-1-2-13(10-14)11-15(19-17)5-4-12-6-8-18-9-7-12/h1-3,6-10,15,19H,4-5,11,17H2. The van der Waals surface area contributed by atoms with Crippen LogP contribution in [0.5, 0.6) is 0 Å². The molecule has 0 spiro atoms. The smallest absolute Gasteiger partial charge is 0.123 e. The number of hydrogen-bond acceptors (Lipinski definition) is 3. The van der Waals surface area contributed by atoms with Gasteiger partial charge in [0.15, 0.2) is 0 Å². The Hall–Kier alpha value is -1.78. The lowest BCUT2D eigenvalue weighted by Crippen LogP contribution is -2.37. The Balaban J connectivity index is 1.90. The first-order valence-corrected chi connectivity index (χ1v) is 6.37. The number of halogens is 1. The van der Waals surface area contributed by atoms with Crippen LogP contribution in [0.15, 0.2) is 48.8 Å². The normalized spacial score (nSPS) is 12.3. The average Bonchev–Trinajstić information content (AvgIpc) is 2.44. The third kappa shape index (κ3) is 4.43. The van der Waals surface area contributed by atoms with Crippen molar-refractivity contribution in [3.8, 4) is 0 Å². The van der Waals surface area contributed by atoms with E-state index in [1.54, 1.807) is 24.5 Å². The predicted molar refractivity (Wildman–Crippen MR) is 73.8 cm³/mol. The van der Waals surface area contributed by atoms with E-state index in [2.05, 4.69) is 10.4 Å². The molecule has 0 amide bonds. The van der Waals surface area contributed by atoms with Crippen LogP contribution in [0.2, 0.25) is 0 Å². The SMILES string of the molecule is NNC(CCc1ccncc1)Cc1cccc(F)c1. The predicted octanol–water partition coefficient (Wildman–Crippen LogP) is 2.23. The van der Waals surface area contributed by atoms with Gasteiger partial charge in [0.2, 0.25) is 0 Å². The van der Waals surface area contributed by atoms with Gasteiger partial charge in [-0.1, -0.05) is 12.1 Å². The highest BCUT2D eigenvalue weighted by Gasteiger charge is 2.08. The average molecular weight is 259 g/mol. The van der Waals surface area contributed by atoms with E-state index in [0.717, 1.165) is 24.8 Å². The Kier molecular flexibility index (Phi) is 5.01. The van der Waals surface area contributed by atoms with Crippen LogP contribution in [0.1, 0.15) is 17.5 Å². The molecule has 0 saturated carbocycles. The summed E-state index contributed by atoms with van der Waals surface area (Å²) in [6.45, 7) is 0. The molecule has 0 bridgehead atoms. The van der Waals surface area contributed by atoms with E-state index in [0.29, 0.717) is 0 Å². The zero-order valence-electron chi connectivity index (χ0n) is 10.7. The second-order valence-electron chi connectivity index (χ2n) is 4.59. The molecule has 3 N–H and O–H groups in total. The lowest BCUT2D eigenvalue weighted by Gasteiger charge is -2.16. The number of hydrazine groups is 1. The molecule has 0 fully saturated rings. The molecule has 1 heterocycles. The summed E-state index contributed by atoms with van der Waals surface area (Å²) in [6.07, 6.45) is 6.11. The Morgan fingerprint density at radius 1 is 1.16 bits per heavy atom. The summed E-state index contributed by atoms with van der Waals surface area (Å²) in [7, 11) is 0. The highest BCUT2D eigenvalue weighted by molar-refractivity contribution is 5.17. The molecule has 4 heteroatoms. The van der Waals surface area contributed by atoms with Gasteiger partial charge in [-0.05, 0) is 54.7 Å². The van der Waals surface area contributed by atoms with E-state index < -0.39 is 0 Å². The van der Waals surface area contributed by atoms with Crippen molar-refractivity contribution in [3.05, 3.63) is 65.7 Å². The molecule has 1 aromatic carbocycles. The van der Waals surface area contributed by atoms with Crippen molar-refractivity contribution in [3.63, 3.8) is 0 Å². The van der Waals surface area contributed by atoms with Crippen LogP contribution in [0.4, 0.5) is 4.39 Å². The molecule has 0 radical (unpaired) electrons. The molecule has 2 aromatic rings. The molecule has 0 aliphatic carbocycles. The lowest BCUT2D eigenvalue weighted by molar-refractivity contribution is 0.490. The fourth-order valence-electron chi connectivity index (χ4n) is 2.08. The molecule has 1 unspecified atom stereocenters. The molecule has 100 valence electrons. The first-order valence-electron chi connectivity index (χ1n) is 6.37. The maximum Gasteiger partial charge on any atom is 0.123 e. The number of benzene rings is 1. The summed E-state index contributed by atoms with van der Waals surface area (Å²) in [5.41, 5.74) is 4.99. The Morgan fingerprint density at radius 3 is 2.63 bits per heavy atom. The highest BCUT2D eigenvalue weighted by Crippen LogP contribution is 2.10. The highest BCUT2D eigenvalue weighted by atomic mass is 19.1. The summed E-state index contributed by atoms with van der Waals surface area (Å²) in [4.78, 5) is 3.99. The van der Waals surface area contributed by atoms with Gasteiger partial charge in [-0.15, -0.1) is 0 Å². The maximum atomic E-state index is 13.1. The fraction of sp³-hybridized carbons (Fsp3) is 0.267. The molecule has 1 aromatic heterocycles. The molecule has 0 aliphatic heterocycles. The van der Waals surface area contributed by atoms with Crippen molar-refractivity contribution >= 4 is 0 Å². The van der Waals surface area contributed by atoms with Gasteiger partial charge in [-0.25, -0.2) is 4.39 Å². The van der Waals surface area contributed by atoms with E-state index >= 15 is 0 Å². The number of rotatable bonds is 6. The molecule has 0 aliphatic rings. The minimum atomic E-state index is -0.206. The van der Waals surface area contributed by atoms with Gasteiger partial charge in [0, 0.05) is 18.4 Å². The van der Waals surface area contributed by atoms with Crippen molar-refractivity contribution in [2.24, 2.45) is 5.84 Å². The summed E-state index contributed by atoms with van der Waals surface area (Å²) < 4.78 is 13.1. The fourth-order valence-corrected chi connectivity index (χ4v) is 2.08. The summed E-state index contributed by atoms with van der Waals surface area (Å²) in [5.74, 6) is 5.36. The monoisotopic (exact) mass is 259 g/mol. The van der Waals surface area contributed by atoms with Crippen LogP contribution < -0.4 is 11.3 Å². The summed E-state index contributed by atoms with van der Waals surface area (Å²) in [6, 6.07) is 10.8. The first kappa shape index (κ1) is 13.6. The number of nitrogens with two attached hydrogens (primary N) is 1. The largest absolute Gasteiger partial charge is 0.271 e. The van der Waals surface area contributed by atoms with Gasteiger partial charge in [-0.3, -0.25) is 16.3 Å². The van der Waals surface area contributed by atoms with Crippen molar-refractivity contribution in [2.45, 2.75) is 25.3 Å². The van der Waals surface area contributed by atoms with E-state index in [1.807, 2.05) is 18.2 Å². The molecule has 1 atom stereocenters. The van der Waals surface area contributed by atoms with Crippen LogP contribution in [-0.2, 0) is 12.8 Å². The van der Waals surface area contributed by atoms with E-state index in [1.165, 1.54) is 11.6 Å². The topological polar surface area (TPSA) is 50.9 Å². The number of aryl methyl sites for hydroxylation is 1. The van der Waals surface area contributed by atoms with Gasteiger partial charge < -0.3 is 0 Å². The number of aromatic nitrogens is 1. The number of nitrogens with one attached hydrogen (secondary N) is 1. The number of hydrogen-bond donors (Lipinski definition) is 2. The van der Waals surface area contributed by atoms with Gasteiger partial charge in [0.25, 0.3) is 0 Å². The Bertz CT molecular complexity index is 502. The van der Waals surface area contributed by atoms with Gasteiger partial charge in [0.05, 0.1) is 0 Å². The Labute approximate surface area is 112 Å². The van der Waals surface area contributed by atoms with Crippen LogP contribution in [0, 0.1) is 5.82 Å². The van der Waals surface area contributed by atoms with Crippen molar-refractivity contribution in [1.29, 1.82) is 0 Å². The second-order valence-corrected chi connectivity index (χ2v) is 4.59. The molecule has 0 saturated heterocycles. The first-order chi connectivity index (χ1) is 9.28. The zero-order valence-corrected chi connectivity index (χ0v) is 10.7. The van der Waals surface area contributed by atoms with Crippen LogP contribution in [0.25, 0.3) is 0 Å². The van der Waals surface area contributed by atoms with Crippen molar-refractivity contribution in [2.75, 3.05) is 0 Å². The Morgan fingerprint density at radius 2 is 1.95 bits per heavy atom. The van der Waals surface area contributed by atoms with Gasteiger partial charge in [-0.2, -0.15) is 0 Å². The van der Waals surface area contributed by atoms with Crippen LogP contribution >= 0.6 is 0 Å². The number of nitrogens with zero attached hydrogens (tertiary/aromatic N) is 1. The third-order valence-electron chi connectivity index (χ3n) is 3.14. The van der Waals surface area contributed by atoms with E-state index in [4.69, 9.17) is 5.84 Å². The van der Waals surface area contributed by atoms with E-state index in [-0.39, 0.29) is 11.9 Å². The van der Waals surface area contributed by atoms with Crippen LogP contribution in [0.3, 0.4) is 0 Å². The van der Waals surface area contributed by atoms with Crippen molar-refractivity contribution in [1.82, 2.24) is 10.4 Å². The molecular formula is C15H18FN3. The van der Waals surface area contributed by atoms with Crippen molar-refractivity contribution < 1.29 is 4.39 Å². The quantitative estimate of drug-likeness (QED) is 0.618. The molecular weight excluding hydrogens is 241 g/mol. The zero-order chi connectivity index (χ0) is 13.5. The third-order valence-corrected chi connectivity index (χ3v) is 3.14. The van der Waals surface area contributed by atoms with E-state index in [9.17, 15) is 4.39 Å². The minimum Gasteiger partial charge on any atom is -0.271 e. The summed E-state index contributed by atoms with van der Waals surface area (Å²) >= 11 is 0. The molecule has 19 heavy (non-hydrogen) atoms. The lowest BCUT2D eigenvalue weighted by atomic mass is 10.00. The number of pyridine rings is 1.